The van der Waals surface area contributed by atoms with E-state index >= 15 is 0 Å². The summed E-state index contributed by atoms with van der Waals surface area (Å²) in [6.07, 6.45) is 0. The Bertz CT molecular complexity index is 427. The Balaban J connectivity index is 3.45. The van der Waals surface area contributed by atoms with Crippen LogP contribution in [-0.2, 0) is 0 Å². The number of benzene rings is 1. The number of hydrogen-bond acceptors (Lipinski definition) is 4. The minimum atomic E-state index is -1.57. The summed E-state index contributed by atoms with van der Waals surface area (Å²) in [5.41, 5.74) is 3.71. The molecule has 0 fully saturated rings. The predicted molar refractivity (Wildman–Crippen MR) is 84.1 cm³/mol. The van der Waals surface area contributed by atoms with Crippen LogP contribution in [-0.4, -0.2) is 46.7 Å². The molecule has 0 aliphatic rings. The SMILES string of the molecule is CNc1cc(NC)c(C(=O)[P+](C)(C)C)c(NC)c1. The minimum absolute atomic E-state index is 0.235. The molecule has 18 heavy (non-hydrogen) atoms. The Labute approximate surface area is 110 Å². The van der Waals surface area contributed by atoms with Gasteiger partial charge in [-0.3, -0.25) is 0 Å². The third-order valence-electron chi connectivity index (χ3n) is 2.79. The molecule has 0 amide bonds. The molecule has 1 rings (SSSR count). The fourth-order valence-electron chi connectivity index (χ4n) is 1.75. The van der Waals surface area contributed by atoms with E-state index in [1.54, 1.807) is 0 Å². The lowest BCUT2D eigenvalue weighted by molar-refractivity contribution is 0.108. The molecule has 0 aliphatic heterocycles. The van der Waals surface area contributed by atoms with Gasteiger partial charge in [-0.25, -0.2) is 4.79 Å². The van der Waals surface area contributed by atoms with E-state index in [2.05, 4.69) is 16.0 Å². The van der Waals surface area contributed by atoms with Gasteiger partial charge in [0.05, 0.1) is 38.6 Å². The van der Waals surface area contributed by atoms with E-state index < -0.39 is 7.26 Å². The summed E-state index contributed by atoms with van der Waals surface area (Å²) >= 11 is 0. The van der Waals surface area contributed by atoms with E-state index in [0.29, 0.717) is 0 Å². The molecule has 1 aromatic rings. The molecule has 4 nitrogen and oxygen atoms in total. The molecule has 3 N–H and O–H groups in total. The second-order valence-corrected chi connectivity index (χ2v) is 9.45. The molecular weight excluding hydrogens is 245 g/mol. The number of anilines is 3. The Kier molecular flexibility index (Phi) is 4.58. The zero-order valence-corrected chi connectivity index (χ0v) is 12.9. The summed E-state index contributed by atoms with van der Waals surface area (Å²) in [7, 11) is 3.97. The normalized spacial score (nSPS) is 11.0. The van der Waals surface area contributed by atoms with Crippen LogP contribution >= 0.6 is 7.26 Å². The summed E-state index contributed by atoms with van der Waals surface area (Å²) in [4.78, 5) is 12.6. The highest BCUT2D eigenvalue weighted by atomic mass is 31.2. The average molecular weight is 268 g/mol. The van der Waals surface area contributed by atoms with Crippen molar-refractivity contribution in [3.8, 4) is 0 Å². The topological polar surface area (TPSA) is 53.2 Å². The summed E-state index contributed by atoms with van der Waals surface area (Å²) in [5, 5.41) is 9.33. The molecule has 0 atom stereocenters. The lowest BCUT2D eigenvalue weighted by atomic mass is 10.1. The van der Waals surface area contributed by atoms with Gasteiger partial charge < -0.3 is 16.0 Å². The third-order valence-corrected chi connectivity index (χ3v) is 4.23. The highest BCUT2D eigenvalue weighted by Gasteiger charge is 2.34. The van der Waals surface area contributed by atoms with Gasteiger partial charge in [-0.15, -0.1) is 0 Å². The molecule has 0 aliphatic carbocycles. The van der Waals surface area contributed by atoms with E-state index in [9.17, 15) is 4.79 Å². The van der Waals surface area contributed by atoms with Gasteiger partial charge in [0.2, 0.25) is 0 Å². The molecule has 100 valence electrons. The first-order chi connectivity index (χ1) is 8.35. The standard InChI is InChI=1S/C13H22N3OP/c1-14-9-7-10(15-2)12(11(8-9)16-3)13(17)18(4,5)6/h7-8H,1-6H3,(H2-,14,15,16,17)/p+1. The maximum Gasteiger partial charge on any atom is 0.301 e. The van der Waals surface area contributed by atoms with Crippen LogP contribution in [0.3, 0.4) is 0 Å². The molecule has 0 spiro atoms. The van der Waals surface area contributed by atoms with Crippen LogP contribution in [0, 0.1) is 0 Å². The minimum Gasteiger partial charge on any atom is -0.388 e. The van der Waals surface area contributed by atoms with E-state index in [-0.39, 0.29) is 5.52 Å². The van der Waals surface area contributed by atoms with Crippen LogP contribution in [0.25, 0.3) is 0 Å². The van der Waals surface area contributed by atoms with Crippen LogP contribution in [0.5, 0.6) is 0 Å². The fourth-order valence-corrected chi connectivity index (χ4v) is 2.66. The van der Waals surface area contributed by atoms with Crippen LogP contribution < -0.4 is 16.0 Å². The summed E-state index contributed by atoms with van der Waals surface area (Å²) < 4.78 is 0. The second-order valence-electron chi connectivity index (χ2n) is 5.01. The average Bonchev–Trinajstić information content (AvgIpc) is 2.34. The number of carbonyl (C=O) groups is 1. The predicted octanol–water partition coefficient (Wildman–Crippen LogP) is 2.86. The molecule has 0 saturated heterocycles. The first-order valence-corrected chi connectivity index (χ1v) is 9.05. The van der Waals surface area contributed by atoms with Crippen molar-refractivity contribution in [2.24, 2.45) is 0 Å². The van der Waals surface area contributed by atoms with Crippen molar-refractivity contribution in [2.75, 3.05) is 57.1 Å². The first-order valence-electron chi connectivity index (χ1n) is 5.92. The molecular formula is C13H23N3OP+. The van der Waals surface area contributed by atoms with Gasteiger partial charge >= 0.3 is 5.52 Å². The van der Waals surface area contributed by atoms with Crippen LogP contribution in [0.2, 0.25) is 0 Å². The van der Waals surface area contributed by atoms with Gasteiger partial charge in [0.15, 0.2) is 0 Å². The second kappa shape index (κ2) is 5.57. The molecule has 0 bridgehead atoms. The molecule has 0 unspecified atom stereocenters. The summed E-state index contributed by atoms with van der Waals surface area (Å²) in [6.45, 7) is 6.13. The monoisotopic (exact) mass is 268 g/mol. The molecule has 5 heteroatoms. The zero-order valence-electron chi connectivity index (χ0n) is 12.0. The highest BCUT2D eigenvalue weighted by molar-refractivity contribution is 7.89. The van der Waals surface area contributed by atoms with E-state index in [1.165, 1.54) is 0 Å². The van der Waals surface area contributed by atoms with Crippen molar-refractivity contribution in [1.82, 2.24) is 0 Å². The van der Waals surface area contributed by atoms with Crippen molar-refractivity contribution in [3.05, 3.63) is 17.7 Å². The van der Waals surface area contributed by atoms with Gasteiger partial charge in [0.1, 0.15) is 5.56 Å². The maximum atomic E-state index is 12.6. The molecule has 0 saturated carbocycles. The van der Waals surface area contributed by atoms with Crippen molar-refractivity contribution in [1.29, 1.82) is 0 Å². The molecule has 0 radical (unpaired) electrons. The van der Waals surface area contributed by atoms with Gasteiger partial charge in [-0.1, -0.05) is 0 Å². The number of rotatable bonds is 5. The largest absolute Gasteiger partial charge is 0.388 e. The molecule has 1 aromatic carbocycles. The van der Waals surface area contributed by atoms with Crippen molar-refractivity contribution >= 4 is 29.8 Å². The van der Waals surface area contributed by atoms with Gasteiger partial charge in [0, 0.05) is 26.8 Å². The number of carbonyl (C=O) groups excluding carboxylic acids is 1. The van der Waals surface area contributed by atoms with Crippen LogP contribution in [0.1, 0.15) is 10.4 Å². The first kappa shape index (κ1) is 14.8. The van der Waals surface area contributed by atoms with Gasteiger partial charge in [-0.2, -0.15) is 0 Å². The van der Waals surface area contributed by atoms with Crippen molar-refractivity contribution in [3.63, 3.8) is 0 Å². The van der Waals surface area contributed by atoms with E-state index in [0.717, 1.165) is 22.6 Å². The zero-order chi connectivity index (χ0) is 13.9. The molecule has 0 aromatic heterocycles. The summed E-state index contributed by atoms with van der Waals surface area (Å²) in [6, 6.07) is 3.92. The van der Waals surface area contributed by atoms with Crippen molar-refractivity contribution in [2.45, 2.75) is 0 Å². The third kappa shape index (κ3) is 2.94. The number of hydrogen-bond donors (Lipinski definition) is 3. The Morgan fingerprint density at radius 2 is 1.39 bits per heavy atom. The van der Waals surface area contributed by atoms with Gasteiger partial charge in [-0.05, 0) is 12.1 Å². The smallest absolute Gasteiger partial charge is 0.301 e. The van der Waals surface area contributed by atoms with E-state index in [4.69, 9.17) is 0 Å². The lowest BCUT2D eigenvalue weighted by Crippen LogP contribution is -2.11. The Morgan fingerprint density at radius 1 is 0.944 bits per heavy atom. The highest BCUT2D eigenvalue weighted by Crippen LogP contribution is 2.52. The quantitative estimate of drug-likeness (QED) is 0.719. The van der Waals surface area contributed by atoms with Crippen molar-refractivity contribution < 1.29 is 4.79 Å². The van der Waals surface area contributed by atoms with Crippen LogP contribution in [0.4, 0.5) is 17.1 Å². The number of nitrogens with one attached hydrogen (secondary N) is 3. The van der Waals surface area contributed by atoms with E-state index in [1.807, 2.05) is 53.3 Å². The Hall–Kier alpha value is -1.28. The van der Waals surface area contributed by atoms with Gasteiger partial charge in [0.25, 0.3) is 0 Å². The Morgan fingerprint density at radius 3 is 1.67 bits per heavy atom. The maximum absolute atomic E-state index is 12.6. The summed E-state index contributed by atoms with van der Waals surface area (Å²) in [5.74, 6) is 0. The lowest BCUT2D eigenvalue weighted by Gasteiger charge is -2.18. The van der Waals surface area contributed by atoms with Crippen LogP contribution in [0.15, 0.2) is 12.1 Å². The molecule has 0 heterocycles. The fraction of sp³-hybridized carbons (Fsp3) is 0.462.